The van der Waals surface area contributed by atoms with Crippen LogP contribution >= 0.6 is 11.6 Å². The van der Waals surface area contributed by atoms with Crippen LogP contribution in [0.25, 0.3) is 0 Å². The zero-order valence-corrected chi connectivity index (χ0v) is 12.9. The Kier molecular flexibility index (Phi) is 2.96. The first-order chi connectivity index (χ1) is 10.2. The van der Waals surface area contributed by atoms with Gasteiger partial charge in [-0.3, -0.25) is 0 Å². The highest BCUT2D eigenvalue weighted by molar-refractivity contribution is 6.30. The van der Waals surface area contributed by atoms with Gasteiger partial charge in [-0.15, -0.1) is 0 Å². The second-order valence-electron chi connectivity index (χ2n) is 6.29. The molecule has 0 unspecified atom stereocenters. The fourth-order valence-corrected chi connectivity index (χ4v) is 3.29. The maximum atomic E-state index is 6.36. The molecule has 2 aromatic rings. The van der Waals surface area contributed by atoms with Crippen LogP contribution < -0.4 is 4.90 Å². The number of anilines is 1. The molecule has 1 spiro atoms. The molecule has 0 aromatic carbocycles. The number of aryl methyl sites for hydroxylation is 1. The normalized spacial score (nSPS) is 18.9. The topological polar surface area (TPSA) is 42.2 Å². The van der Waals surface area contributed by atoms with Gasteiger partial charge in [0.25, 0.3) is 0 Å². The molecule has 110 valence electrons. The van der Waals surface area contributed by atoms with E-state index in [1.54, 1.807) is 6.26 Å². The highest BCUT2D eigenvalue weighted by atomic mass is 35.5. The van der Waals surface area contributed by atoms with Crippen LogP contribution in [0.4, 0.5) is 5.82 Å². The Hall–Kier alpha value is -1.55. The number of hydrogen-bond acceptors (Lipinski definition) is 4. The van der Waals surface area contributed by atoms with Crippen LogP contribution in [0.1, 0.15) is 36.6 Å². The number of halogens is 1. The van der Waals surface area contributed by atoms with Crippen molar-refractivity contribution in [3.63, 3.8) is 0 Å². The van der Waals surface area contributed by atoms with Crippen molar-refractivity contribution in [1.29, 1.82) is 0 Å². The summed E-state index contributed by atoms with van der Waals surface area (Å²) >= 11 is 6.36. The van der Waals surface area contributed by atoms with Crippen molar-refractivity contribution in [2.45, 2.75) is 32.6 Å². The lowest BCUT2D eigenvalue weighted by atomic mass is 9.97. The lowest BCUT2D eigenvalue weighted by Gasteiger charge is -2.41. The van der Waals surface area contributed by atoms with Crippen molar-refractivity contribution in [3.8, 4) is 0 Å². The molecular weight excluding hydrogens is 286 g/mol. The van der Waals surface area contributed by atoms with Gasteiger partial charge in [0.15, 0.2) is 0 Å². The predicted molar refractivity (Wildman–Crippen MR) is 81.8 cm³/mol. The van der Waals surface area contributed by atoms with E-state index in [9.17, 15) is 0 Å². The van der Waals surface area contributed by atoms with Crippen LogP contribution in [0.15, 0.2) is 22.9 Å². The average molecular weight is 304 g/mol. The monoisotopic (exact) mass is 303 g/mol. The summed E-state index contributed by atoms with van der Waals surface area (Å²) < 4.78 is 5.05. The molecule has 0 atom stereocenters. The van der Waals surface area contributed by atoms with Gasteiger partial charge in [-0.05, 0) is 30.9 Å². The highest BCUT2D eigenvalue weighted by Crippen LogP contribution is 2.53. The molecule has 5 heteroatoms. The van der Waals surface area contributed by atoms with Gasteiger partial charge in [-0.1, -0.05) is 29.7 Å². The Bertz CT molecular complexity index is 670. The second kappa shape index (κ2) is 4.73. The van der Waals surface area contributed by atoms with Crippen molar-refractivity contribution in [2.24, 2.45) is 5.41 Å². The van der Waals surface area contributed by atoms with Crippen LogP contribution in [0.3, 0.4) is 0 Å². The Balaban J connectivity index is 1.51. The lowest BCUT2D eigenvalue weighted by molar-refractivity contribution is 0.384. The SMILES string of the molecule is CCc1conc1Cc1ccc(N2CC3(CC3)C2)nc1Cl. The molecule has 2 aromatic heterocycles. The van der Waals surface area contributed by atoms with Gasteiger partial charge in [0.05, 0.1) is 5.69 Å². The number of rotatable bonds is 4. The van der Waals surface area contributed by atoms with E-state index < -0.39 is 0 Å². The molecule has 1 aliphatic carbocycles. The van der Waals surface area contributed by atoms with Gasteiger partial charge in [-0.25, -0.2) is 4.98 Å². The Labute approximate surface area is 129 Å². The minimum atomic E-state index is 0.578. The molecular formula is C16H18ClN3O. The fraction of sp³-hybridized carbons (Fsp3) is 0.500. The van der Waals surface area contributed by atoms with E-state index in [0.29, 0.717) is 17.0 Å². The molecule has 2 aliphatic rings. The second-order valence-corrected chi connectivity index (χ2v) is 6.65. The quantitative estimate of drug-likeness (QED) is 0.811. The Morgan fingerprint density at radius 2 is 2.10 bits per heavy atom. The standard InChI is InChI=1S/C16H18ClN3O/c1-2-11-8-21-19-13(11)7-12-3-4-14(18-15(12)17)20-9-16(10-20)5-6-16/h3-4,8H,2,5-7,9-10H2,1H3. The van der Waals surface area contributed by atoms with Gasteiger partial charge >= 0.3 is 0 Å². The maximum absolute atomic E-state index is 6.36. The van der Waals surface area contributed by atoms with Crippen molar-refractivity contribution < 1.29 is 4.52 Å². The maximum Gasteiger partial charge on any atom is 0.135 e. The molecule has 0 N–H and O–H groups in total. The van der Waals surface area contributed by atoms with E-state index in [-0.39, 0.29) is 0 Å². The minimum Gasteiger partial charge on any atom is -0.364 e. The van der Waals surface area contributed by atoms with Crippen LogP contribution in [0.2, 0.25) is 5.15 Å². The first kappa shape index (κ1) is 13.1. The molecule has 0 radical (unpaired) electrons. The summed E-state index contributed by atoms with van der Waals surface area (Å²) in [5.74, 6) is 0.997. The predicted octanol–water partition coefficient (Wildman–Crippen LogP) is 3.48. The van der Waals surface area contributed by atoms with Crippen molar-refractivity contribution in [1.82, 2.24) is 10.1 Å². The fourth-order valence-electron chi connectivity index (χ4n) is 3.07. The molecule has 0 bridgehead atoms. The van der Waals surface area contributed by atoms with Crippen LogP contribution in [-0.4, -0.2) is 23.2 Å². The molecule has 1 aliphatic heterocycles. The van der Waals surface area contributed by atoms with Crippen molar-refractivity contribution in [3.05, 3.63) is 40.4 Å². The summed E-state index contributed by atoms with van der Waals surface area (Å²) in [6.07, 6.45) is 6.05. The average Bonchev–Trinajstić information content (AvgIpc) is 3.13. The van der Waals surface area contributed by atoms with E-state index >= 15 is 0 Å². The van der Waals surface area contributed by atoms with Crippen LogP contribution in [0, 0.1) is 5.41 Å². The smallest absolute Gasteiger partial charge is 0.135 e. The highest BCUT2D eigenvalue weighted by Gasteiger charge is 2.52. The molecule has 4 nitrogen and oxygen atoms in total. The summed E-state index contributed by atoms with van der Waals surface area (Å²) in [6.45, 7) is 4.37. The lowest BCUT2D eigenvalue weighted by Crippen LogP contribution is -2.48. The number of aromatic nitrogens is 2. The summed E-state index contributed by atoms with van der Waals surface area (Å²) in [5, 5.41) is 4.64. The molecule has 4 rings (SSSR count). The third-order valence-corrected chi connectivity index (χ3v) is 5.04. The molecule has 3 heterocycles. The van der Waals surface area contributed by atoms with E-state index in [4.69, 9.17) is 16.1 Å². The third kappa shape index (κ3) is 2.31. The summed E-state index contributed by atoms with van der Waals surface area (Å²) in [4.78, 5) is 6.87. The van der Waals surface area contributed by atoms with Crippen LogP contribution in [0.5, 0.6) is 0 Å². The number of hydrogen-bond donors (Lipinski definition) is 0. The molecule has 0 amide bonds. The first-order valence-corrected chi connectivity index (χ1v) is 7.89. The Morgan fingerprint density at radius 3 is 2.76 bits per heavy atom. The molecule has 1 saturated carbocycles. The molecule has 2 fully saturated rings. The molecule has 1 saturated heterocycles. The third-order valence-electron chi connectivity index (χ3n) is 4.71. The van der Waals surface area contributed by atoms with E-state index in [0.717, 1.165) is 42.1 Å². The van der Waals surface area contributed by atoms with E-state index in [2.05, 4.69) is 34.1 Å². The van der Waals surface area contributed by atoms with Crippen LogP contribution in [-0.2, 0) is 12.8 Å². The van der Waals surface area contributed by atoms with Crippen molar-refractivity contribution >= 4 is 17.4 Å². The summed E-state index contributed by atoms with van der Waals surface area (Å²) in [6, 6.07) is 4.14. The minimum absolute atomic E-state index is 0.578. The summed E-state index contributed by atoms with van der Waals surface area (Å²) in [5.41, 5.74) is 3.72. The van der Waals surface area contributed by atoms with Gasteiger partial charge < -0.3 is 9.42 Å². The first-order valence-electron chi connectivity index (χ1n) is 7.52. The zero-order chi connectivity index (χ0) is 14.4. The molecule has 21 heavy (non-hydrogen) atoms. The van der Waals surface area contributed by atoms with Gasteiger partial charge in [0.2, 0.25) is 0 Å². The van der Waals surface area contributed by atoms with Crippen molar-refractivity contribution in [2.75, 3.05) is 18.0 Å². The largest absolute Gasteiger partial charge is 0.364 e. The summed E-state index contributed by atoms with van der Waals surface area (Å²) in [7, 11) is 0. The van der Waals surface area contributed by atoms with Gasteiger partial charge in [-0.2, -0.15) is 0 Å². The Morgan fingerprint density at radius 1 is 1.29 bits per heavy atom. The van der Waals surface area contributed by atoms with Gasteiger partial charge in [0.1, 0.15) is 17.2 Å². The zero-order valence-electron chi connectivity index (χ0n) is 12.1. The van der Waals surface area contributed by atoms with Gasteiger partial charge in [0, 0.05) is 30.5 Å². The van der Waals surface area contributed by atoms with E-state index in [1.165, 1.54) is 12.8 Å². The number of pyridine rings is 1. The van der Waals surface area contributed by atoms with E-state index in [1.807, 2.05) is 0 Å². The number of nitrogens with zero attached hydrogens (tertiary/aromatic N) is 3.